The number of carbonyl (C=O) groups is 3. The fraction of sp³-hybridized carbons (Fsp3) is 0.421. The zero-order valence-electron chi connectivity index (χ0n) is 15.2. The van der Waals surface area contributed by atoms with Crippen LogP contribution in [0.4, 0.5) is 0 Å². The van der Waals surface area contributed by atoms with Crippen LogP contribution < -0.4 is 5.32 Å². The largest absolute Gasteiger partial charge is 0.480 e. The van der Waals surface area contributed by atoms with Gasteiger partial charge in [-0.1, -0.05) is 35.3 Å². The molecule has 1 aromatic carbocycles. The number of amides is 2. The van der Waals surface area contributed by atoms with Gasteiger partial charge in [0, 0.05) is 24.6 Å². The van der Waals surface area contributed by atoms with E-state index in [0.29, 0.717) is 47.1 Å². The second kappa shape index (κ2) is 9.24. The van der Waals surface area contributed by atoms with Crippen LogP contribution in [0.15, 0.2) is 23.8 Å². The summed E-state index contributed by atoms with van der Waals surface area (Å²) in [6.45, 7) is 4.01. The third-order valence-corrected chi connectivity index (χ3v) is 5.41. The first-order chi connectivity index (χ1) is 12.7. The van der Waals surface area contributed by atoms with Crippen molar-refractivity contribution < 1.29 is 19.5 Å². The first-order valence-electron chi connectivity index (χ1n) is 8.65. The number of hydrogen-bond acceptors (Lipinski definition) is 3. The zero-order valence-corrected chi connectivity index (χ0v) is 16.7. The predicted molar refractivity (Wildman–Crippen MR) is 105 cm³/mol. The van der Waals surface area contributed by atoms with Gasteiger partial charge >= 0.3 is 5.97 Å². The van der Waals surface area contributed by atoms with Crippen molar-refractivity contribution in [1.29, 1.82) is 0 Å². The van der Waals surface area contributed by atoms with Gasteiger partial charge in [0.25, 0.3) is 0 Å². The SMILES string of the molecule is CC(=Cc1cccc(Cl)c1Cl)C(=O)N1CCC(C(=O)NC(C)C(=O)O)CC1. The van der Waals surface area contributed by atoms with E-state index in [4.69, 9.17) is 28.3 Å². The summed E-state index contributed by atoms with van der Waals surface area (Å²) in [5.74, 6) is -1.77. The summed E-state index contributed by atoms with van der Waals surface area (Å²) in [4.78, 5) is 37.3. The van der Waals surface area contributed by atoms with Gasteiger partial charge in [-0.05, 0) is 44.4 Å². The molecule has 6 nitrogen and oxygen atoms in total. The Labute approximate surface area is 168 Å². The number of benzene rings is 1. The maximum Gasteiger partial charge on any atom is 0.325 e. The number of aliphatic carboxylic acids is 1. The summed E-state index contributed by atoms with van der Waals surface area (Å²) < 4.78 is 0. The highest BCUT2D eigenvalue weighted by Gasteiger charge is 2.29. The number of carboxylic acids is 1. The summed E-state index contributed by atoms with van der Waals surface area (Å²) in [5.41, 5.74) is 1.20. The minimum atomic E-state index is -1.07. The van der Waals surface area contributed by atoms with E-state index in [2.05, 4.69) is 5.32 Å². The highest BCUT2D eigenvalue weighted by Crippen LogP contribution is 2.28. The molecule has 0 aromatic heterocycles. The lowest BCUT2D eigenvalue weighted by Crippen LogP contribution is -2.46. The third kappa shape index (κ3) is 5.47. The van der Waals surface area contributed by atoms with Crippen molar-refractivity contribution in [2.45, 2.75) is 32.7 Å². The van der Waals surface area contributed by atoms with Crippen LogP contribution in [0.1, 0.15) is 32.3 Å². The predicted octanol–water partition coefficient (Wildman–Crippen LogP) is 3.22. The first-order valence-corrected chi connectivity index (χ1v) is 9.41. The molecule has 1 atom stereocenters. The molecule has 2 N–H and O–H groups in total. The standard InChI is InChI=1S/C19H22Cl2N2O4/c1-11(10-14-4-3-5-15(20)16(14)21)18(25)23-8-6-13(7-9-23)17(24)22-12(2)19(26)27/h3-5,10,12-13H,6-9H2,1-2H3,(H,22,24)(H,26,27). The maximum atomic E-state index is 12.6. The Balaban J connectivity index is 1.96. The molecule has 2 amide bonds. The summed E-state index contributed by atoms with van der Waals surface area (Å²) in [5, 5.41) is 12.2. The molecule has 27 heavy (non-hydrogen) atoms. The van der Waals surface area contributed by atoms with Crippen LogP contribution in [0, 0.1) is 5.92 Å². The molecule has 0 saturated carbocycles. The highest BCUT2D eigenvalue weighted by atomic mass is 35.5. The third-order valence-electron chi connectivity index (χ3n) is 4.57. The molecular weight excluding hydrogens is 391 g/mol. The monoisotopic (exact) mass is 412 g/mol. The number of halogens is 2. The number of carbonyl (C=O) groups excluding carboxylic acids is 2. The topological polar surface area (TPSA) is 86.7 Å². The van der Waals surface area contributed by atoms with Crippen LogP contribution in [-0.4, -0.2) is 46.9 Å². The minimum absolute atomic E-state index is 0.121. The van der Waals surface area contributed by atoms with Gasteiger partial charge in [-0.2, -0.15) is 0 Å². The molecule has 0 bridgehead atoms. The van der Waals surface area contributed by atoms with Gasteiger partial charge in [-0.15, -0.1) is 0 Å². The van der Waals surface area contributed by atoms with Crippen LogP contribution in [0.5, 0.6) is 0 Å². The molecule has 8 heteroatoms. The number of hydrogen-bond donors (Lipinski definition) is 2. The number of nitrogens with zero attached hydrogens (tertiary/aromatic N) is 1. The van der Waals surface area contributed by atoms with Crippen molar-refractivity contribution in [3.05, 3.63) is 39.4 Å². The van der Waals surface area contributed by atoms with Crippen LogP contribution in [0.3, 0.4) is 0 Å². The molecule has 1 aromatic rings. The fourth-order valence-electron chi connectivity index (χ4n) is 2.91. The normalized spacial score (nSPS) is 16.7. The Morgan fingerprint density at radius 2 is 1.89 bits per heavy atom. The van der Waals surface area contributed by atoms with Gasteiger partial charge in [-0.3, -0.25) is 14.4 Å². The van der Waals surface area contributed by atoms with Gasteiger partial charge in [-0.25, -0.2) is 0 Å². The van der Waals surface area contributed by atoms with Crippen molar-refractivity contribution in [3.8, 4) is 0 Å². The van der Waals surface area contributed by atoms with Crippen LogP contribution in [0.25, 0.3) is 6.08 Å². The quantitative estimate of drug-likeness (QED) is 0.726. The Morgan fingerprint density at radius 1 is 1.26 bits per heavy atom. The van der Waals surface area contributed by atoms with Crippen molar-refractivity contribution in [1.82, 2.24) is 10.2 Å². The van der Waals surface area contributed by atoms with Gasteiger partial charge in [0.2, 0.25) is 11.8 Å². The zero-order chi connectivity index (χ0) is 20.1. The average Bonchev–Trinajstić information content (AvgIpc) is 2.64. The molecule has 0 spiro atoms. The van der Waals surface area contributed by atoms with Gasteiger partial charge in [0.15, 0.2) is 0 Å². The molecule has 2 rings (SSSR count). The Hall–Kier alpha value is -2.05. The van der Waals surface area contributed by atoms with Gasteiger partial charge in [0.1, 0.15) is 6.04 Å². The molecule has 1 heterocycles. The van der Waals surface area contributed by atoms with Crippen molar-refractivity contribution in [2.75, 3.05) is 13.1 Å². The molecule has 0 aliphatic carbocycles. The highest BCUT2D eigenvalue weighted by molar-refractivity contribution is 6.42. The summed E-state index contributed by atoms with van der Waals surface area (Å²) in [6.07, 6.45) is 2.69. The van der Waals surface area contributed by atoms with Crippen molar-refractivity contribution >= 4 is 47.1 Å². The van der Waals surface area contributed by atoms with E-state index in [-0.39, 0.29) is 17.7 Å². The van der Waals surface area contributed by atoms with Crippen molar-refractivity contribution in [3.63, 3.8) is 0 Å². The molecule has 1 aliphatic rings. The van der Waals surface area contributed by atoms with Crippen molar-refractivity contribution in [2.24, 2.45) is 5.92 Å². The lowest BCUT2D eigenvalue weighted by atomic mass is 9.95. The molecule has 1 fully saturated rings. The number of nitrogens with one attached hydrogen (secondary N) is 1. The molecule has 1 saturated heterocycles. The average molecular weight is 413 g/mol. The number of piperidine rings is 1. The first kappa shape index (κ1) is 21.3. The number of likely N-dealkylation sites (tertiary alicyclic amines) is 1. The maximum absolute atomic E-state index is 12.6. The van der Waals surface area contributed by atoms with E-state index in [9.17, 15) is 14.4 Å². The van der Waals surface area contributed by atoms with Gasteiger partial charge in [0.05, 0.1) is 10.0 Å². The summed E-state index contributed by atoms with van der Waals surface area (Å²) >= 11 is 12.2. The Kier molecular flexibility index (Phi) is 7.27. The molecule has 0 radical (unpaired) electrons. The van der Waals surface area contributed by atoms with E-state index in [0.717, 1.165) is 0 Å². The molecular formula is C19H22Cl2N2O4. The lowest BCUT2D eigenvalue weighted by molar-refractivity contribution is -0.142. The van der Waals surface area contributed by atoms with Crippen LogP contribution in [-0.2, 0) is 14.4 Å². The second-order valence-corrected chi connectivity index (χ2v) is 7.39. The van der Waals surface area contributed by atoms with E-state index in [1.54, 1.807) is 36.1 Å². The van der Waals surface area contributed by atoms with E-state index < -0.39 is 12.0 Å². The van der Waals surface area contributed by atoms with Crippen LogP contribution >= 0.6 is 23.2 Å². The number of carboxylic acid groups (broad SMARTS) is 1. The Morgan fingerprint density at radius 3 is 2.48 bits per heavy atom. The molecule has 146 valence electrons. The minimum Gasteiger partial charge on any atom is -0.480 e. The van der Waals surface area contributed by atoms with Gasteiger partial charge < -0.3 is 15.3 Å². The Bertz CT molecular complexity index is 771. The second-order valence-electron chi connectivity index (χ2n) is 6.61. The smallest absolute Gasteiger partial charge is 0.325 e. The van der Waals surface area contributed by atoms with E-state index >= 15 is 0 Å². The van der Waals surface area contributed by atoms with Crippen LogP contribution in [0.2, 0.25) is 10.0 Å². The molecule has 1 aliphatic heterocycles. The summed E-state index contributed by atoms with van der Waals surface area (Å²) in [6, 6.07) is 4.30. The van der Waals surface area contributed by atoms with E-state index in [1.165, 1.54) is 6.92 Å². The van der Waals surface area contributed by atoms with E-state index in [1.807, 2.05) is 0 Å². The number of rotatable bonds is 5. The fourth-order valence-corrected chi connectivity index (χ4v) is 3.28. The summed E-state index contributed by atoms with van der Waals surface area (Å²) in [7, 11) is 0. The lowest BCUT2D eigenvalue weighted by Gasteiger charge is -2.32. The molecule has 1 unspecified atom stereocenters.